The van der Waals surface area contributed by atoms with Gasteiger partial charge in [0.25, 0.3) is 0 Å². The lowest BCUT2D eigenvalue weighted by Gasteiger charge is -2.14. The summed E-state index contributed by atoms with van der Waals surface area (Å²) < 4.78 is 22.8. The van der Waals surface area contributed by atoms with E-state index in [2.05, 4.69) is 51.6 Å². The SMILES string of the molecule is C=C(C)C(=O)OCCCCc1ccc2cc(-c3ccc(OC(=O)C(=C)C)cc3)c(=O)oc2c1CCCCOC(=O)C(=C)C.O=Cc1ccc(Br)c(Br)c1O. The number of benzene rings is 3. The van der Waals surface area contributed by atoms with Crippen molar-refractivity contribution in [3.8, 4) is 22.6 Å². The molecule has 284 valence electrons. The number of phenolic OH excluding ortho intramolecular Hbond substituents is 1. The van der Waals surface area contributed by atoms with Crippen molar-refractivity contribution in [2.24, 2.45) is 0 Å². The zero-order valence-electron chi connectivity index (χ0n) is 30.4. The summed E-state index contributed by atoms with van der Waals surface area (Å²) in [6, 6.07) is 15.6. The number of aromatic hydroxyl groups is 1. The van der Waals surface area contributed by atoms with E-state index < -0.39 is 23.5 Å². The van der Waals surface area contributed by atoms with Crippen LogP contribution in [0.1, 0.15) is 67.9 Å². The second-order valence-corrected chi connectivity index (χ2v) is 14.1. The number of hydrogen-bond acceptors (Lipinski definition) is 10. The molecule has 10 nitrogen and oxygen atoms in total. The first-order chi connectivity index (χ1) is 25.6. The van der Waals surface area contributed by atoms with Gasteiger partial charge in [0.2, 0.25) is 0 Å². The lowest BCUT2D eigenvalue weighted by Crippen LogP contribution is -2.09. The molecule has 0 amide bonds. The summed E-state index contributed by atoms with van der Waals surface area (Å²) in [5, 5.41) is 10.0. The molecule has 1 N–H and O–H groups in total. The molecule has 0 unspecified atom stereocenters. The summed E-state index contributed by atoms with van der Waals surface area (Å²) in [5.74, 6) is -1.03. The topological polar surface area (TPSA) is 146 Å². The molecule has 0 atom stereocenters. The van der Waals surface area contributed by atoms with Crippen molar-refractivity contribution in [3.05, 3.63) is 127 Å². The Morgan fingerprint density at radius 1 is 0.778 bits per heavy atom. The fourth-order valence-corrected chi connectivity index (χ4v) is 5.62. The largest absolute Gasteiger partial charge is 0.506 e. The third-order valence-electron chi connectivity index (χ3n) is 7.88. The van der Waals surface area contributed by atoms with Gasteiger partial charge >= 0.3 is 23.5 Å². The minimum atomic E-state index is -0.525. The average Bonchev–Trinajstić information content (AvgIpc) is 3.14. The van der Waals surface area contributed by atoms with Gasteiger partial charge in [-0.05, 0) is 138 Å². The zero-order valence-corrected chi connectivity index (χ0v) is 33.6. The van der Waals surface area contributed by atoms with Crippen LogP contribution in [0.2, 0.25) is 0 Å². The van der Waals surface area contributed by atoms with Crippen LogP contribution in [0.15, 0.2) is 109 Å². The Balaban J connectivity index is 0.000000609. The van der Waals surface area contributed by atoms with E-state index >= 15 is 0 Å². The molecule has 0 bridgehead atoms. The maximum absolute atomic E-state index is 13.2. The minimum Gasteiger partial charge on any atom is -0.506 e. The van der Waals surface area contributed by atoms with Crippen molar-refractivity contribution >= 4 is 67.0 Å². The molecule has 54 heavy (non-hydrogen) atoms. The molecule has 0 saturated heterocycles. The molecular weight excluding hydrogens is 824 g/mol. The second kappa shape index (κ2) is 21.0. The van der Waals surface area contributed by atoms with Crippen LogP contribution >= 0.6 is 31.9 Å². The molecule has 0 aliphatic heterocycles. The van der Waals surface area contributed by atoms with Gasteiger partial charge in [-0.2, -0.15) is 0 Å². The molecule has 4 rings (SSSR count). The Bertz CT molecular complexity index is 2110. The number of phenols is 1. The number of unbranched alkanes of at least 4 members (excludes halogenated alkanes) is 2. The number of ether oxygens (including phenoxy) is 3. The molecular formula is C42H42Br2O10. The van der Waals surface area contributed by atoms with Crippen LogP contribution in [0.5, 0.6) is 11.5 Å². The van der Waals surface area contributed by atoms with Gasteiger partial charge in [0.1, 0.15) is 17.1 Å². The number of halogens is 2. The van der Waals surface area contributed by atoms with Crippen molar-refractivity contribution in [2.45, 2.75) is 59.3 Å². The molecule has 0 spiro atoms. The summed E-state index contributed by atoms with van der Waals surface area (Å²) in [6.45, 7) is 16.1. The van der Waals surface area contributed by atoms with Crippen LogP contribution in [0.4, 0.5) is 0 Å². The summed E-state index contributed by atoms with van der Waals surface area (Å²) >= 11 is 6.30. The maximum atomic E-state index is 13.2. The Hall–Kier alpha value is -5.07. The van der Waals surface area contributed by atoms with Gasteiger partial charge in [-0.15, -0.1) is 0 Å². The summed E-state index contributed by atoms with van der Waals surface area (Å²) in [5.41, 5.74) is 4.28. The minimum absolute atomic E-state index is 0.0330. The van der Waals surface area contributed by atoms with Crippen molar-refractivity contribution in [1.29, 1.82) is 0 Å². The van der Waals surface area contributed by atoms with E-state index in [1.165, 1.54) is 6.07 Å². The molecule has 0 saturated carbocycles. The van der Waals surface area contributed by atoms with E-state index in [1.54, 1.807) is 57.2 Å². The molecule has 1 heterocycles. The molecule has 0 aliphatic carbocycles. The predicted molar refractivity (Wildman–Crippen MR) is 215 cm³/mol. The fraction of sp³-hybridized carbons (Fsp3) is 0.262. The first kappa shape index (κ1) is 43.3. The van der Waals surface area contributed by atoms with Gasteiger partial charge < -0.3 is 23.7 Å². The molecule has 12 heteroatoms. The average molecular weight is 867 g/mol. The Morgan fingerprint density at radius 3 is 1.91 bits per heavy atom. The standard InChI is InChI=1S/C35H38O8.C7H4Br2O2/c1-22(2)32(36)40-19-9-7-11-25-13-14-27-21-30(26-15-17-28(18-16-26)42-34(38)24(5)6)35(39)43-31(27)29(25)12-8-10-20-41-33(37)23(3)4;8-5-2-1-4(3-10)7(11)6(5)9/h13-18,21H,1,3,5,7-12,19-20H2,2,4,6H3;1-3,11H. The zero-order chi connectivity index (χ0) is 39.9. The smallest absolute Gasteiger partial charge is 0.344 e. The van der Waals surface area contributed by atoms with Gasteiger partial charge in [0.15, 0.2) is 6.29 Å². The molecule has 0 fully saturated rings. The lowest BCUT2D eigenvalue weighted by molar-refractivity contribution is -0.139. The highest BCUT2D eigenvalue weighted by Crippen LogP contribution is 2.34. The van der Waals surface area contributed by atoms with Crippen LogP contribution in [0, 0.1) is 0 Å². The van der Waals surface area contributed by atoms with Crippen LogP contribution in [0.3, 0.4) is 0 Å². The van der Waals surface area contributed by atoms with Gasteiger partial charge in [-0.3, -0.25) is 4.79 Å². The van der Waals surface area contributed by atoms with Crippen LogP contribution in [0.25, 0.3) is 22.1 Å². The Kier molecular flexibility index (Phi) is 16.8. The highest BCUT2D eigenvalue weighted by Gasteiger charge is 2.16. The highest BCUT2D eigenvalue weighted by molar-refractivity contribution is 9.13. The number of carbonyl (C=O) groups excluding carboxylic acids is 4. The van der Waals surface area contributed by atoms with Crippen LogP contribution in [-0.4, -0.2) is 42.5 Å². The van der Waals surface area contributed by atoms with Gasteiger partial charge in [-0.25, -0.2) is 19.2 Å². The second-order valence-electron chi connectivity index (χ2n) is 12.4. The third-order valence-corrected chi connectivity index (χ3v) is 9.87. The van der Waals surface area contributed by atoms with Crippen molar-refractivity contribution in [1.82, 2.24) is 0 Å². The maximum Gasteiger partial charge on any atom is 0.344 e. The third kappa shape index (κ3) is 12.5. The van der Waals surface area contributed by atoms with Crippen molar-refractivity contribution in [2.75, 3.05) is 13.2 Å². The monoisotopic (exact) mass is 864 g/mol. The number of hydrogen-bond donors (Lipinski definition) is 1. The van der Waals surface area contributed by atoms with Gasteiger partial charge in [0.05, 0.1) is 28.8 Å². The van der Waals surface area contributed by atoms with E-state index in [0.29, 0.717) is 83.1 Å². The van der Waals surface area contributed by atoms with Crippen LogP contribution in [-0.2, 0) is 36.7 Å². The fourth-order valence-electron chi connectivity index (χ4n) is 4.94. The first-order valence-electron chi connectivity index (χ1n) is 17.0. The molecule has 0 radical (unpaired) electrons. The van der Waals surface area contributed by atoms with Crippen molar-refractivity contribution in [3.63, 3.8) is 0 Å². The lowest BCUT2D eigenvalue weighted by atomic mass is 9.94. The molecule has 1 aromatic heterocycles. The van der Waals surface area contributed by atoms with Crippen molar-refractivity contribution < 1.29 is 42.9 Å². The molecule has 3 aromatic carbocycles. The van der Waals surface area contributed by atoms with E-state index in [9.17, 15) is 29.1 Å². The predicted octanol–water partition coefficient (Wildman–Crippen LogP) is 9.56. The molecule has 4 aromatic rings. The summed E-state index contributed by atoms with van der Waals surface area (Å²) in [4.78, 5) is 58.7. The number of esters is 3. The number of fused-ring (bicyclic) bond motifs is 1. The van der Waals surface area contributed by atoms with E-state index in [0.717, 1.165) is 27.4 Å². The summed E-state index contributed by atoms with van der Waals surface area (Å²) in [7, 11) is 0. The van der Waals surface area contributed by atoms with E-state index in [-0.39, 0.29) is 23.5 Å². The van der Waals surface area contributed by atoms with Gasteiger partial charge in [0, 0.05) is 26.6 Å². The number of carbonyl (C=O) groups is 4. The quantitative estimate of drug-likeness (QED) is 0.0289. The normalized spacial score (nSPS) is 10.5. The number of aryl methyl sites for hydroxylation is 2. The first-order valence-corrected chi connectivity index (χ1v) is 18.6. The highest BCUT2D eigenvalue weighted by atomic mass is 79.9. The summed E-state index contributed by atoms with van der Waals surface area (Å²) in [6.07, 6.45) is 4.71. The van der Waals surface area contributed by atoms with Crippen LogP contribution < -0.4 is 10.4 Å². The molecule has 0 aliphatic rings. The Morgan fingerprint density at radius 2 is 1.35 bits per heavy atom. The van der Waals surface area contributed by atoms with E-state index in [4.69, 9.17) is 18.6 Å². The number of rotatable bonds is 16. The number of aldehydes is 1. The Labute approximate surface area is 330 Å². The van der Waals surface area contributed by atoms with Gasteiger partial charge in [-0.1, -0.05) is 44.0 Å². The van der Waals surface area contributed by atoms with E-state index in [1.807, 2.05) is 12.1 Å².